The summed E-state index contributed by atoms with van der Waals surface area (Å²) >= 11 is 0. The van der Waals surface area contributed by atoms with Crippen LogP contribution in [-0.2, 0) is 5.60 Å². The number of aromatic nitrogens is 5. The third-order valence-electron chi connectivity index (χ3n) is 5.33. The summed E-state index contributed by atoms with van der Waals surface area (Å²) in [7, 11) is 0. The van der Waals surface area contributed by atoms with Crippen LogP contribution in [0.3, 0.4) is 0 Å². The number of nitrogens with one attached hydrogen (secondary N) is 2. The van der Waals surface area contributed by atoms with Gasteiger partial charge < -0.3 is 15.1 Å². The SMILES string of the molecule is O=c1[nH]cnc2c(C(O)(c3ccc4c(cnn4-c4ccc(F)cc4)c3)C(F)(F)F)c[nH]c12. The van der Waals surface area contributed by atoms with E-state index in [-0.39, 0.29) is 11.0 Å². The van der Waals surface area contributed by atoms with Gasteiger partial charge in [0.05, 0.1) is 23.7 Å². The van der Waals surface area contributed by atoms with Crippen LogP contribution >= 0.6 is 0 Å². The van der Waals surface area contributed by atoms with Gasteiger partial charge in [0.1, 0.15) is 16.9 Å². The highest BCUT2D eigenvalue weighted by atomic mass is 19.4. The molecule has 32 heavy (non-hydrogen) atoms. The standard InChI is InChI=1S/C21H13F4N5O2/c22-13-2-4-14(5-3-13)30-16-6-1-12(7-11(16)8-29-30)20(32,21(23,24)25)15-9-26-18-17(15)27-10-28-19(18)31/h1-10,26,32H,(H,27,28,31). The van der Waals surface area contributed by atoms with Crippen LogP contribution in [0.25, 0.3) is 27.6 Å². The zero-order chi connectivity index (χ0) is 22.7. The number of halogens is 4. The summed E-state index contributed by atoms with van der Waals surface area (Å²) in [5.74, 6) is -0.436. The number of hydrogen-bond donors (Lipinski definition) is 3. The molecule has 7 nitrogen and oxygen atoms in total. The first-order chi connectivity index (χ1) is 15.2. The lowest BCUT2D eigenvalue weighted by Gasteiger charge is -2.30. The first kappa shape index (κ1) is 19.9. The lowest BCUT2D eigenvalue weighted by molar-refractivity contribution is -0.247. The third-order valence-corrected chi connectivity index (χ3v) is 5.33. The average Bonchev–Trinajstić information content (AvgIpc) is 3.38. The molecule has 0 radical (unpaired) electrons. The predicted molar refractivity (Wildman–Crippen MR) is 107 cm³/mol. The Labute approximate surface area is 176 Å². The minimum atomic E-state index is -5.13. The normalized spacial score (nSPS) is 14.2. The van der Waals surface area contributed by atoms with Gasteiger partial charge in [0.25, 0.3) is 5.56 Å². The highest BCUT2D eigenvalue weighted by Gasteiger charge is 2.57. The van der Waals surface area contributed by atoms with E-state index in [4.69, 9.17) is 0 Å². The van der Waals surface area contributed by atoms with Crippen molar-refractivity contribution in [3.05, 3.63) is 88.5 Å². The predicted octanol–water partition coefficient (Wildman–Crippen LogP) is 3.53. The van der Waals surface area contributed by atoms with Crippen LogP contribution in [0.4, 0.5) is 17.6 Å². The van der Waals surface area contributed by atoms with Crippen molar-refractivity contribution in [1.82, 2.24) is 24.7 Å². The summed E-state index contributed by atoms with van der Waals surface area (Å²) in [6.07, 6.45) is -1.90. The van der Waals surface area contributed by atoms with Crippen LogP contribution < -0.4 is 5.56 Å². The van der Waals surface area contributed by atoms with E-state index >= 15 is 0 Å². The van der Waals surface area contributed by atoms with Crippen molar-refractivity contribution in [2.45, 2.75) is 11.8 Å². The molecule has 3 aromatic heterocycles. The van der Waals surface area contributed by atoms with Gasteiger partial charge in [0, 0.05) is 17.1 Å². The van der Waals surface area contributed by atoms with Gasteiger partial charge in [-0.3, -0.25) is 4.79 Å². The highest BCUT2D eigenvalue weighted by Crippen LogP contribution is 2.46. The Hall–Kier alpha value is -3.99. The Bertz CT molecular complexity index is 1520. The summed E-state index contributed by atoms with van der Waals surface area (Å²) < 4.78 is 57.4. The average molecular weight is 443 g/mol. The number of aliphatic hydroxyl groups is 1. The van der Waals surface area contributed by atoms with Crippen LogP contribution in [0.1, 0.15) is 11.1 Å². The van der Waals surface area contributed by atoms with Crippen molar-refractivity contribution < 1.29 is 22.7 Å². The largest absolute Gasteiger partial charge is 0.425 e. The second-order valence-electron chi connectivity index (χ2n) is 7.17. The summed E-state index contributed by atoms with van der Waals surface area (Å²) in [5.41, 5.74) is -4.69. The molecular weight excluding hydrogens is 430 g/mol. The molecule has 0 bridgehead atoms. The second kappa shape index (κ2) is 6.76. The molecule has 0 saturated heterocycles. The fraction of sp³-hybridized carbons (Fsp3) is 0.0952. The summed E-state index contributed by atoms with van der Waals surface area (Å²) in [5, 5.41) is 15.5. The summed E-state index contributed by atoms with van der Waals surface area (Å²) in [4.78, 5) is 20.5. The maximum absolute atomic E-state index is 14.3. The molecule has 162 valence electrons. The van der Waals surface area contributed by atoms with E-state index in [0.29, 0.717) is 16.6 Å². The van der Waals surface area contributed by atoms with Gasteiger partial charge in [0.2, 0.25) is 5.60 Å². The van der Waals surface area contributed by atoms with Crippen molar-refractivity contribution in [1.29, 1.82) is 0 Å². The minimum absolute atomic E-state index is 0.185. The van der Waals surface area contributed by atoms with E-state index in [2.05, 4.69) is 20.1 Å². The molecule has 0 fully saturated rings. The molecule has 1 atom stereocenters. The molecule has 3 heterocycles. The van der Waals surface area contributed by atoms with Crippen LogP contribution in [0.2, 0.25) is 0 Å². The minimum Gasteiger partial charge on any atom is -0.372 e. The number of fused-ring (bicyclic) bond motifs is 2. The number of benzene rings is 2. The van der Waals surface area contributed by atoms with E-state index in [1.54, 1.807) is 0 Å². The molecule has 0 spiro atoms. The first-order valence-electron chi connectivity index (χ1n) is 9.28. The van der Waals surface area contributed by atoms with E-state index in [9.17, 15) is 27.5 Å². The van der Waals surface area contributed by atoms with Crippen molar-refractivity contribution in [3.63, 3.8) is 0 Å². The monoisotopic (exact) mass is 443 g/mol. The zero-order valence-corrected chi connectivity index (χ0v) is 16.0. The van der Waals surface area contributed by atoms with Gasteiger partial charge in [-0.15, -0.1) is 0 Å². The smallest absolute Gasteiger partial charge is 0.372 e. The van der Waals surface area contributed by atoms with E-state index in [0.717, 1.165) is 18.6 Å². The van der Waals surface area contributed by atoms with E-state index in [1.807, 2.05) is 0 Å². The molecule has 2 aromatic carbocycles. The van der Waals surface area contributed by atoms with Gasteiger partial charge >= 0.3 is 6.18 Å². The van der Waals surface area contributed by atoms with E-state index in [1.165, 1.54) is 47.3 Å². The van der Waals surface area contributed by atoms with Gasteiger partial charge in [-0.2, -0.15) is 18.3 Å². The van der Waals surface area contributed by atoms with Gasteiger partial charge in [-0.1, -0.05) is 6.07 Å². The lowest BCUT2D eigenvalue weighted by Crippen LogP contribution is -2.43. The first-order valence-corrected chi connectivity index (χ1v) is 9.28. The maximum atomic E-state index is 14.3. The molecule has 0 saturated carbocycles. The van der Waals surface area contributed by atoms with Crippen molar-refractivity contribution in [2.24, 2.45) is 0 Å². The number of H-pyrrole nitrogens is 2. The summed E-state index contributed by atoms with van der Waals surface area (Å²) in [6.45, 7) is 0. The number of hydrogen-bond acceptors (Lipinski definition) is 4. The van der Waals surface area contributed by atoms with Gasteiger partial charge in [-0.25, -0.2) is 14.1 Å². The van der Waals surface area contributed by atoms with Gasteiger partial charge in [0.15, 0.2) is 0 Å². The molecule has 5 rings (SSSR count). The fourth-order valence-corrected chi connectivity index (χ4v) is 3.74. The van der Waals surface area contributed by atoms with Crippen molar-refractivity contribution >= 4 is 21.9 Å². The van der Waals surface area contributed by atoms with Crippen LogP contribution in [0.15, 0.2) is 66.0 Å². The van der Waals surface area contributed by atoms with Crippen molar-refractivity contribution in [3.8, 4) is 5.69 Å². The van der Waals surface area contributed by atoms with Crippen molar-refractivity contribution in [2.75, 3.05) is 0 Å². The number of alkyl halides is 3. The van der Waals surface area contributed by atoms with E-state index < -0.39 is 34.3 Å². The number of rotatable bonds is 3. The maximum Gasteiger partial charge on any atom is 0.425 e. The van der Waals surface area contributed by atoms with Crippen LogP contribution in [0.5, 0.6) is 0 Å². The quantitative estimate of drug-likeness (QED) is 0.372. The van der Waals surface area contributed by atoms with Gasteiger partial charge in [-0.05, 0) is 42.0 Å². The Morgan fingerprint density at radius 3 is 2.50 bits per heavy atom. The fourth-order valence-electron chi connectivity index (χ4n) is 3.74. The van der Waals surface area contributed by atoms with Crippen LogP contribution in [-0.4, -0.2) is 36.0 Å². The Morgan fingerprint density at radius 1 is 1.03 bits per heavy atom. The molecule has 11 heteroatoms. The highest BCUT2D eigenvalue weighted by molar-refractivity contribution is 5.83. The second-order valence-corrected chi connectivity index (χ2v) is 7.17. The Balaban J connectivity index is 1.71. The lowest BCUT2D eigenvalue weighted by atomic mass is 9.86. The number of aromatic amines is 2. The van der Waals surface area contributed by atoms with Crippen LogP contribution in [0, 0.1) is 5.82 Å². The topological polar surface area (TPSA) is 99.6 Å². The molecule has 1 unspecified atom stereocenters. The number of nitrogens with zero attached hydrogens (tertiary/aromatic N) is 3. The third kappa shape index (κ3) is 2.82. The molecule has 0 amide bonds. The molecule has 0 aliphatic rings. The zero-order valence-electron chi connectivity index (χ0n) is 16.0. The molecular formula is C21H13F4N5O2. The molecule has 0 aliphatic heterocycles. The summed E-state index contributed by atoms with van der Waals surface area (Å²) in [6, 6.07) is 9.13. The Morgan fingerprint density at radius 2 is 1.78 bits per heavy atom. The molecule has 5 aromatic rings. The molecule has 3 N–H and O–H groups in total. The molecule has 0 aliphatic carbocycles. The Kier molecular flexibility index (Phi) is 4.21.